The van der Waals surface area contributed by atoms with E-state index in [9.17, 15) is 9.18 Å². The summed E-state index contributed by atoms with van der Waals surface area (Å²) in [5, 5.41) is 13.6. The third kappa shape index (κ3) is 5.57. The van der Waals surface area contributed by atoms with Gasteiger partial charge in [-0.15, -0.1) is 10.2 Å². The summed E-state index contributed by atoms with van der Waals surface area (Å²) < 4.78 is 15.6. The van der Waals surface area contributed by atoms with Gasteiger partial charge in [-0.05, 0) is 48.5 Å². The van der Waals surface area contributed by atoms with Crippen molar-refractivity contribution in [1.29, 1.82) is 0 Å². The summed E-state index contributed by atoms with van der Waals surface area (Å²) in [6, 6.07) is 15.1. The molecule has 1 N–H and O–H groups in total. The predicted octanol–water partition coefficient (Wildman–Crippen LogP) is 5.02. The first-order chi connectivity index (χ1) is 16.0. The average Bonchev–Trinajstić information content (AvgIpc) is 3.25. The number of carbonyl (C=O) groups is 1. The highest BCUT2D eigenvalue weighted by molar-refractivity contribution is 7.99. The second kappa shape index (κ2) is 10.6. The maximum Gasteiger partial charge on any atom is 0.250 e. The van der Waals surface area contributed by atoms with Crippen LogP contribution in [0.2, 0.25) is 10.0 Å². The van der Waals surface area contributed by atoms with E-state index in [-0.39, 0.29) is 16.3 Å². The van der Waals surface area contributed by atoms with E-state index in [1.807, 2.05) is 28.8 Å². The van der Waals surface area contributed by atoms with Gasteiger partial charge in [0.25, 0.3) is 5.91 Å². The van der Waals surface area contributed by atoms with Crippen LogP contribution in [0.4, 0.5) is 4.39 Å². The quantitative estimate of drug-likeness (QED) is 0.219. The standard InChI is InChI=1S/C22H15Cl2FN6OS/c23-15-4-6-16(7-5-15)31-21(14-8-10-26-11-9-14)29-30-22(31)33-13-20(32)28-27-12-17-18(24)2-1-3-19(17)25/h1-12H,13H2,(H,28,32)/b27-12-. The largest absolute Gasteiger partial charge is 0.272 e. The molecular formula is C22H15Cl2FN6OS. The van der Waals surface area contributed by atoms with Crippen molar-refractivity contribution in [2.24, 2.45) is 5.10 Å². The molecule has 33 heavy (non-hydrogen) atoms. The lowest BCUT2D eigenvalue weighted by Gasteiger charge is -2.10. The number of hydrazone groups is 1. The number of hydrogen-bond acceptors (Lipinski definition) is 6. The van der Waals surface area contributed by atoms with Crippen molar-refractivity contribution in [2.75, 3.05) is 5.75 Å². The average molecular weight is 501 g/mol. The van der Waals surface area contributed by atoms with E-state index in [0.717, 1.165) is 17.5 Å². The second-order valence-corrected chi connectivity index (χ2v) is 8.36. The Balaban J connectivity index is 1.51. The Morgan fingerprint density at radius 3 is 2.58 bits per heavy atom. The lowest BCUT2D eigenvalue weighted by molar-refractivity contribution is -0.118. The molecule has 0 unspecified atom stereocenters. The molecular weight excluding hydrogens is 486 g/mol. The fourth-order valence-electron chi connectivity index (χ4n) is 2.84. The molecule has 166 valence electrons. The predicted molar refractivity (Wildman–Crippen MR) is 127 cm³/mol. The summed E-state index contributed by atoms with van der Waals surface area (Å²) in [7, 11) is 0. The number of hydrogen-bond donors (Lipinski definition) is 1. The lowest BCUT2D eigenvalue weighted by atomic mass is 10.2. The van der Waals surface area contributed by atoms with Gasteiger partial charge < -0.3 is 0 Å². The molecule has 0 aliphatic heterocycles. The summed E-state index contributed by atoms with van der Waals surface area (Å²) in [5.74, 6) is -0.339. The van der Waals surface area contributed by atoms with Gasteiger partial charge in [-0.25, -0.2) is 9.82 Å². The monoisotopic (exact) mass is 500 g/mol. The molecule has 0 saturated carbocycles. The first kappa shape index (κ1) is 22.9. The molecule has 2 aromatic carbocycles. The molecule has 7 nitrogen and oxygen atoms in total. The minimum absolute atomic E-state index is 0.00438. The van der Waals surface area contributed by atoms with E-state index in [0.29, 0.717) is 16.0 Å². The fourth-order valence-corrected chi connectivity index (χ4v) is 3.92. The molecule has 4 aromatic rings. The Morgan fingerprint density at radius 1 is 1.09 bits per heavy atom. The number of rotatable bonds is 7. The van der Waals surface area contributed by atoms with Crippen molar-refractivity contribution in [3.8, 4) is 17.1 Å². The summed E-state index contributed by atoms with van der Waals surface area (Å²) in [6.45, 7) is 0. The minimum Gasteiger partial charge on any atom is -0.272 e. The van der Waals surface area contributed by atoms with Gasteiger partial charge in [-0.3, -0.25) is 14.3 Å². The molecule has 1 amide bonds. The van der Waals surface area contributed by atoms with Crippen LogP contribution in [-0.4, -0.2) is 37.6 Å². The zero-order valence-corrected chi connectivity index (χ0v) is 19.2. The van der Waals surface area contributed by atoms with E-state index in [1.54, 1.807) is 24.5 Å². The Labute approximate surface area is 202 Å². The van der Waals surface area contributed by atoms with E-state index >= 15 is 0 Å². The summed E-state index contributed by atoms with van der Waals surface area (Å²) in [5.41, 5.74) is 4.05. The maximum absolute atomic E-state index is 13.8. The van der Waals surface area contributed by atoms with E-state index < -0.39 is 11.7 Å². The third-order valence-electron chi connectivity index (χ3n) is 4.37. The Morgan fingerprint density at radius 2 is 1.85 bits per heavy atom. The van der Waals surface area contributed by atoms with Crippen molar-refractivity contribution in [3.05, 3.63) is 88.4 Å². The van der Waals surface area contributed by atoms with Crippen LogP contribution in [0.15, 0.2) is 77.2 Å². The van der Waals surface area contributed by atoms with Crippen molar-refractivity contribution < 1.29 is 9.18 Å². The summed E-state index contributed by atoms with van der Waals surface area (Å²) in [6.07, 6.45) is 4.49. The fraction of sp³-hybridized carbons (Fsp3) is 0.0455. The van der Waals surface area contributed by atoms with Crippen LogP contribution in [-0.2, 0) is 4.79 Å². The zero-order valence-electron chi connectivity index (χ0n) is 16.8. The number of amides is 1. The van der Waals surface area contributed by atoms with Gasteiger partial charge in [0.2, 0.25) is 0 Å². The number of nitrogens with zero attached hydrogens (tertiary/aromatic N) is 5. The Bertz CT molecular complexity index is 1280. The molecule has 2 aromatic heterocycles. The third-order valence-corrected chi connectivity index (χ3v) is 5.88. The van der Waals surface area contributed by atoms with Gasteiger partial charge in [-0.1, -0.05) is 41.0 Å². The molecule has 0 radical (unpaired) electrons. The van der Waals surface area contributed by atoms with Crippen LogP contribution in [0.5, 0.6) is 0 Å². The molecule has 0 spiro atoms. The van der Waals surface area contributed by atoms with Gasteiger partial charge in [0.1, 0.15) is 5.82 Å². The topological polar surface area (TPSA) is 85.1 Å². The summed E-state index contributed by atoms with van der Waals surface area (Å²) in [4.78, 5) is 16.3. The molecule has 0 aliphatic rings. The first-order valence-corrected chi connectivity index (χ1v) is 11.3. The number of halogens is 3. The molecule has 0 saturated heterocycles. The number of nitrogens with one attached hydrogen (secondary N) is 1. The second-order valence-electron chi connectivity index (χ2n) is 6.57. The van der Waals surface area contributed by atoms with Gasteiger partial charge in [0.15, 0.2) is 11.0 Å². The Kier molecular flexibility index (Phi) is 7.33. The molecule has 0 bridgehead atoms. The van der Waals surface area contributed by atoms with Gasteiger partial charge >= 0.3 is 0 Å². The maximum atomic E-state index is 13.8. The SMILES string of the molecule is O=C(CSc1nnc(-c2ccncc2)n1-c1ccc(Cl)cc1)N/N=C\c1c(F)cccc1Cl. The molecule has 4 rings (SSSR count). The lowest BCUT2D eigenvalue weighted by Crippen LogP contribution is -2.20. The van der Waals surface area contributed by atoms with Crippen LogP contribution in [0.1, 0.15) is 5.56 Å². The van der Waals surface area contributed by atoms with E-state index in [1.165, 1.54) is 30.0 Å². The van der Waals surface area contributed by atoms with Gasteiger partial charge in [-0.2, -0.15) is 5.10 Å². The van der Waals surface area contributed by atoms with Crippen LogP contribution in [0.3, 0.4) is 0 Å². The minimum atomic E-state index is -0.533. The Hall–Kier alpha value is -3.27. The number of aromatic nitrogens is 4. The van der Waals surface area contributed by atoms with Crippen LogP contribution < -0.4 is 5.43 Å². The number of thioether (sulfide) groups is 1. The van der Waals surface area contributed by atoms with Crippen molar-refractivity contribution >= 4 is 47.1 Å². The number of carbonyl (C=O) groups excluding carboxylic acids is 1. The highest BCUT2D eigenvalue weighted by Crippen LogP contribution is 2.28. The molecule has 11 heteroatoms. The van der Waals surface area contributed by atoms with Crippen molar-refractivity contribution in [1.82, 2.24) is 25.2 Å². The highest BCUT2D eigenvalue weighted by Gasteiger charge is 2.17. The van der Waals surface area contributed by atoms with Gasteiger partial charge in [0, 0.05) is 34.2 Å². The summed E-state index contributed by atoms with van der Waals surface area (Å²) >= 11 is 13.2. The van der Waals surface area contributed by atoms with E-state index in [4.69, 9.17) is 23.2 Å². The van der Waals surface area contributed by atoms with Gasteiger partial charge in [0.05, 0.1) is 17.0 Å². The highest BCUT2D eigenvalue weighted by atomic mass is 35.5. The zero-order chi connectivity index (χ0) is 23.2. The number of benzene rings is 2. The first-order valence-electron chi connectivity index (χ1n) is 9.53. The number of pyridine rings is 1. The van der Waals surface area contributed by atoms with Crippen molar-refractivity contribution in [3.63, 3.8) is 0 Å². The van der Waals surface area contributed by atoms with Crippen LogP contribution >= 0.6 is 35.0 Å². The van der Waals surface area contributed by atoms with Crippen molar-refractivity contribution in [2.45, 2.75) is 5.16 Å². The smallest absolute Gasteiger partial charge is 0.250 e. The van der Waals surface area contributed by atoms with E-state index in [2.05, 4.69) is 25.7 Å². The molecule has 2 heterocycles. The van der Waals surface area contributed by atoms with Crippen LogP contribution in [0.25, 0.3) is 17.1 Å². The molecule has 0 atom stereocenters. The molecule has 0 fully saturated rings. The van der Waals surface area contributed by atoms with Crippen LogP contribution in [0, 0.1) is 5.82 Å². The normalized spacial score (nSPS) is 11.1. The molecule has 0 aliphatic carbocycles.